The van der Waals surface area contributed by atoms with Crippen LogP contribution in [0.1, 0.15) is 61.8 Å². The Morgan fingerprint density at radius 3 is 2.44 bits per heavy atom. The van der Waals surface area contributed by atoms with E-state index in [1.165, 1.54) is 12.1 Å². The van der Waals surface area contributed by atoms with E-state index in [9.17, 15) is 14.7 Å². The summed E-state index contributed by atoms with van der Waals surface area (Å²) in [6, 6.07) is 12.1. The number of fused-ring (bicyclic) bond motifs is 1. The van der Waals surface area contributed by atoms with Gasteiger partial charge in [0.15, 0.2) is 5.76 Å². The van der Waals surface area contributed by atoms with Crippen LogP contribution in [-0.4, -0.2) is 22.6 Å². The zero-order chi connectivity index (χ0) is 22.8. The molecule has 0 bridgehead atoms. The van der Waals surface area contributed by atoms with Crippen LogP contribution in [0.25, 0.3) is 0 Å². The van der Waals surface area contributed by atoms with Crippen LogP contribution in [0.3, 0.4) is 0 Å². The summed E-state index contributed by atoms with van der Waals surface area (Å²) in [7, 11) is 0. The largest absolute Gasteiger partial charge is 0.507 e. The summed E-state index contributed by atoms with van der Waals surface area (Å²) in [5, 5.41) is 17.1. The molecule has 1 aliphatic rings. The molecule has 7 heteroatoms. The van der Waals surface area contributed by atoms with Crippen LogP contribution in [0, 0.1) is 20.8 Å². The predicted molar refractivity (Wildman–Crippen MR) is 122 cm³/mol. The Morgan fingerprint density at radius 2 is 1.72 bits per heavy atom. The lowest BCUT2D eigenvalue weighted by Crippen LogP contribution is -2.22. The predicted octanol–water partition coefficient (Wildman–Crippen LogP) is 4.63. The second-order valence-electron chi connectivity index (χ2n) is 8.06. The van der Waals surface area contributed by atoms with Crippen LogP contribution in [0.15, 0.2) is 52.0 Å². The SMILES string of the molecule is Cc1cc(C)cc(NC(=O)c2oc3c(c2C)/C(=N/NC(=O)c2ccccc2O)CCC3)c1. The van der Waals surface area contributed by atoms with Gasteiger partial charge in [0, 0.05) is 23.2 Å². The first-order valence-electron chi connectivity index (χ1n) is 10.5. The van der Waals surface area contributed by atoms with E-state index in [0.717, 1.165) is 23.1 Å². The highest BCUT2D eigenvalue weighted by Crippen LogP contribution is 2.30. The molecule has 0 saturated carbocycles. The van der Waals surface area contributed by atoms with Gasteiger partial charge < -0.3 is 14.8 Å². The minimum atomic E-state index is -0.503. The van der Waals surface area contributed by atoms with Gasteiger partial charge in [-0.15, -0.1) is 0 Å². The number of amides is 2. The maximum atomic E-state index is 12.9. The summed E-state index contributed by atoms with van der Waals surface area (Å²) in [5.74, 6) is 0.00110. The van der Waals surface area contributed by atoms with Crippen molar-refractivity contribution in [3.63, 3.8) is 0 Å². The zero-order valence-corrected chi connectivity index (χ0v) is 18.3. The first-order chi connectivity index (χ1) is 15.3. The first kappa shape index (κ1) is 21.4. The number of anilines is 1. The number of carbonyl (C=O) groups excluding carboxylic acids is 2. The highest BCUT2D eigenvalue weighted by atomic mass is 16.4. The molecular weight excluding hydrogens is 406 g/mol. The molecular formula is C25H25N3O4. The number of phenolic OH excluding ortho intramolecular Hbond substituents is 1. The van der Waals surface area contributed by atoms with Crippen molar-refractivity contribution >= 4 is 23.2 Å². The van der Waals surface area contributed by atoms with Crippen molar-refractivity contribution in [1.29, 1.82) is 0 Å². The van der Waals surface area contributed by atoms with Crippen LogP contribution < -0.4 is 10.7 Å². The molecule has 3 aromatic rings. The Kier molecular flexibility index (Phi) is 5.81. The van der Waals surface area contributed by atoms with Gasteiger partial charge in [-0.1, -0.05) is 18.2 Å². The lowest BCUT2D eigenvalue weighted by Gasteiger charge is -2.13. The quantitative estimate of drug-likeness (QED) is 0.524. The molecule has 2 amide bonds. The molecule has 0 spiro atoms. The monoisotopic (exact) mass is 431 g/mol. The molecule has 1 aliphatic carbocycles. The van der Waals surface area contributed by atoms with Crippen molar-refractivity contribution in [2.24, 2.45) is 5.10 Å². The van der Waals surface area contributed by atoms with E-state index in [1.54, 1.807) is 12.1 Å². The molecule has 0 saturated heterocycles. The number of benzene rings is 2. The van der Waals surface area contributed by atoms with Gasteiger partial charge in [0.1, 0.15) is 11.5 Å². The Bertz CT molecular complexity index is 1220. The number of phenols is 1. The third-order valence-electron chi connectivity index (χ3n) is 5.45. The smallest absolute Gasteiger partial charge is 0.291 e. The molecule has 0 aliphatic heterocycles. The third-order valence-corrected chi connectivity index (χ3v) is 5.45. The molecule has 3 N–H and O–H groups in total. The van der Waals surface area contributed by atoms with Crippen molar-refractivity contribution in [3.05, 3.63) is 81.8 Å². The minimum Gasteiger partial charge on any atom is -0.507 e. The Labute approximate surface area is 186 Å². The van der Waals surface area contributed by atoms with E-state index in [1.807, 2.05) is 39.0 Å². The number of nitrogens with one attached hydrogen (secondary N) is 2. The number of nitrogens with zero attached hydrogens (tertiary/aromatic N) is 1. The van der Waals surface area contributed by atoms with E-state index < -0.39 is 5.91 Å². The normalized spacial score (nSPS) is 14.2. The number of aryl methyl sites for hydroxylation is 3. The lowest BCUT2D eigenvalue weighted by molar-refractivity contribution is 0.0950. The second kappa shape index (κ2) is 8.70. The summed E-state index contributed by atoms with van der Waals surface area (Å²) >= 11 is 0. The number of hydrogen-bond donors (Lipinski definition) is 3. The molecule has 7 nitrogen and oxygen atoms in total. The Balaban J connectivity index is 1.58. The average Bonchev–Trinajstić information content (AvgIpc) is 3.09. The molecule has 2 aromatic carbocycles. The van der Waals surface area contributed by atoms with Gasteiger partial charge >= 0.3 is 0 Å². The van der Waals surface area contributed by atoms with Gasteiger partial charge in [0.05, 0.1) is 11.3 Å². The van der Waals surface area contributed by atoms with Crippen LogP contribution in [-0.2, 0) is 6.42 Å². The topological polar surface area (TPSA) is 104 Å². The highest BCUT2D eigenvalue weighted by Gasteiger charge is 2.28. The van der Waals surface area contributed by atoms with Gasteiger partial charge in [-0.3, -0.25) is 9.59 Å². The summed E-state index contributed by atoms with van der Waals surface area (Å²) in [5.41, 5.74) is 7.60. The molecule has 32 heavy (non-hydrogen) atoms. The Hall–Kier alpha value is -3.87. The molecule has 1 heterocycles. The number of carbonyl (C=O) groups is 2. The molecule has 0 unspecified atom stereocenters. The number of hydrogen-bond acceptors (Lipinski definition) is 5. The summed E-state index contributed by atoms with van der Waals surface area (Å²) < 4.78 is 5.93. The van der Waals surface area contributed by atoms with E-state index in [-0.39, 0.29) is 23.0 Å². The first-order valence-corrected chi connectivity index (χ1v) is 10.5. The maximum Gasteiger partial charge on any atom is 0.291 e. The molecule has 0 fully saturated rings. The van der Waals surface area contributed by atoms with Crippen molar-refractivity contribution in [2.75, 3.05) is 5.32 Å². The fraction of sp³-hybridized carbons (Fsp3) is 0.240. The van der Waals surface area contributed by atoms with Gasteiger partial charge in [-0.05, 0) is 69.0 Å². The average molecular weight is 431 g/mol. The number of aromatic hydroxyl groups is 1. The van der Waals surface area contributed by atoms with Gasteiger partial charge in [-0.2, -0.15) is 5.10 Å². The number of para-hydroxylation sites is 1. The summed E-state index contributed by atoms with van der Waals surface area (Å²) in [6.45, 7) is 5.78. The zero-order valence-electron chi connectivity index (χ0n) is 18.3. The number of hydrazone groups is 1. The fourth-order valence-electron chi connectivity index (χ4n) is 4.08. The molecule has 4 rings (SSSR count). The van der Waals surface area contributed by atoms with Gasteiger partial charge in [-0.25, -0.2) is 5.43 Å². The van der Waals surface area contributed by atoms with Crippen LogP contribution in [0.4, 0.5) is 5.69 Å². The van der Waals surface area contributed by atoms with Crippen molar-refractivity contribution < 1.29 is 19.1 Å². The lowest BCUT2D eigenvalue weighted by atomic mass is 9.93. The Morgan fingerprint density at radius 1 is 1.00 bits per heavy atom. The van der Waals surface area contributed by atoms with Crippen LogP contribution in [0.2, 0.25) is 0 Å². The van der Waals surface area contributed by atoms with Crippen molar-refractivity contribution in [3.8, 4) is 5.75 Å². The van der Waals surface area contributed by atoms with Crippen LogP contribution in [0.5, 0.6) is 5.75 Å². The van der Waals surface area contributed by atoms with E-state index in [4.69, 9.17) is 4.42 Å². The van der Waals surface area contributed by atoms with E-state index in [0.29, 0.717) is 35.6 Å². The standard InChI is InChI=1S/C25H25N3O4/c1-14-11-15(2)13-17(12-14)26-25(31)23-16(3)22-19(8-6-10-21(22)32-23)27-28-24(30)18-7-4-5-9-20(18)29/h4-5,7,9,11-13,29H,6,8,10H2,1-3H3,(H,26,31)(H,28,30)/b27-19+. The molecule has 1 aromatic heterocycles. The maximum absolute atomic E-state index is 12.9. The van der Waals surface area contributed by atoms with Gasteiger partial charge in [0.2, 0.25) is 0 Å². The number of rotatable bonds is 4. The van der Waals surface area contributed by atoms with Gasteiger partial charge in [0.25, 0.3) is 11.8 Å². The van der Waals surface area contributed by atoms with Crippen LogP contribution >= 0.6 is 0 Å². The minimum absolute atomic E-state index is 0.112. The highest BCUT2D eigenvalue weighted by molar-refractivity contribution is 6.09. The molecule has 0 radical (unpaired) electrons. The van der Waals surface area contributed by atoms with E-state index in [2.05, 4.69) is 15.8 Å². The molecule has 0 atom stereocenters. The number of furan rings is 1. The fourth-order valence-corrected chi connectivity index (χ4v) is 4.08. The summed E-state index contributed by atoms with van der Waals surface area (Å²) in [6.07, 6.45) is 2.13. The van der Waals surface area contributed by atoms with E-state index >= 15 is 0 Å². The van der Waals surface area contributed by atoms with Crippen molar-refractivity contribution in [1.82, 2.24) is 5.43 Å². The summed E-state index contributed by atoms with van der Waals surface area (Å²) in [4.78, 5) is 25.3. The third kappa shape index (κ3) is 4.27. The van der Waals surface area contributed by atoms with Crippen molar-refractivity contribution in [2.45, 2.75) is 40.0 Å². The second-order valence-corrected chi connectivity index (χ2v) is 8.06. The molecule has 164 valence electrons.